The van der Waals surface area contributed by atoms with Crippen LogP contribution in [0.2, 0.25) is 0 Å². The van der Waals surface area contributed by atoms with Crippen molar-refractivity contribution in [2.45, 2.75) is 13.0 Å². The number of benzene rings is 2. The second-order valence-electron chi connectivity index (χ2n) is 7.54. The topological polar surface area (TPSA) is 140 Å². The summed E-state index contributed by atoms with van der Waals surface area (Å²) in [5, 5.41) is 7.11. The van der Waals surface area contributed by atoms with E-state index in [9.17, 15) is 24.0 Å². The van der Waals surface area contributed by atoms with Crippen molar-refractivity contribution >= 4 is 41.8 Å². The summed E-state index contributed by atoms with van der Waals surface area (Å²) in [6.45, 7) is 0.751. The molecule has 10 heteroatoms. The Morgan fingerprint density at radius 2 is 1.11 bits per heavy atom. The summed E-state index contributed by atoms with van der Waals surface area (Å²) in [6.07, 6.45) is 5.70. The van der Waals surface area contributed by atoms with Crippen LogP contribution in [0, 0.1) is 0 Å². The molecule has 10 nitrogen and oxygen atoms in total. The Bertz CT molecular complexity index is 1030. The van der Waals surface area contributed by atoms with Crippen LogP contribution in [0.4, 0.5) is 0 Å². The van der Waals surface area contributed by atoms with Crippen molar-refractivity contribution in [1.82, 2.24) is 16.0 Å². The molecule has 194 valence electrons. The second kappa shape index (κ2) is 16.0. The van der Waals surface area contributed by atoms with Crippen LogP contribution in [0.25, 0.3) is 12.2 Å². The molecule has 0 aliphatic heterocycles. The molecule has 0 aliphatic rings. The fourth-order valence-corrected chi connectivity index (χ4v) is 2.86. The van der Waals surface area contributed by atoms with E-state index < -0.39 is 35.7 Å². The molecule has 0 spiro atoms. The molecule has 0 bridgehead atoms. The van der Waals surface area contributed by atoms with E-state index in [1.807, 2.05) is 60.7 Å². The van der Waals surface area contributed by atoms with E-state index in [-0.39, 0.29) is 26.3 Å². The minimum atomic E-state index is -1.51. The summed E-state index contributed by atoms with van der Waals surface area (Å²) in [5.74, 6) is -3.35. The maximum atomic E-state index is 12.4. The first-order valence-electron chi connectivity index (χ1n) is 11.5. The number of ether oxygens (including phenoxy) is 2. The van der Waals surface area contributed by atoms with Crippen LogP contribution in [0.15, 0.2) is 72.8 Å². The van der Waals surface area contributed by atoms with Gasteiger partial charge >= 0.3 is 11.9 Å². The van der Waals surface area contributed by atoms with Gasteiger partial charge in [0.2, 0.25) is 5.91 Å². The van der Waals surface area contributed by atoms with Crippen LogP contribution in [0.5, 0.6) is 0 Å². The van der Waals surface area contributed by atoms with Gasteiger partial charge in [0.25, 0.3) is 11.8 Å². The molecular formula is C27H29N3O7. The SMILES string of the molecule is CC(=O)NC(C(=O)NCCOC(=O)/C=C/c1ccccc1)C(=O)NCCOC(=O)/C=C/c1ccccc1. The molecule has 0 saturated carbocycles. The van der Waals surface area contributed by atoms with Gasteiger partial charge in [-0.2, -0.15) is 0 Å². The van der Waals surface area contributed by atoms with Crippen LogP contribution < -0.4 is 16.0 Å². The maximum absolute atomic E-state index is 12.4. The van der Waals surface area contributed by atoms with Crippen molar-refractivity contribution in [1.29, 1.82) is 0 Å². The molecule has 0 heterocycles. The highest BCUT2D eigenvalue weighted by molar-refractivity contribution is 6.06. The lowest BCUT2D eigenvalue weighted by Gasteiger charge is -2.17. The number of nitrogens with one attached hydrogen (secondary N) is 3. The summed E-state index contributed by atoms with van der Waals surface area (Å²) in [7, 11) is 0. The number of rotatable bonds is 13. The average molecular weight is 508 g/mol. The normalized spacial score (nSPS) is 10.8. The summed E-state index contributed by atoms with van der Waals surface area (Å²) < 4.78 is 10.0. The predicted octanol–water partition coefficient (Wildman–Crippen LogP) is 1.24. The quantitative estimate of drug-likeness (QED) is 0.160. The van der Waals surface area contributed by atoms with Gasteiger partial charge in [0, 0.05) is 19.1 Å². The molecule has 2 aromatic rings. The largest absolute Gasteiger partial charge is 0.461 e. The van der Waals surface area contributed by atoms with Crippen LogP contribution in [0.1, 0.15) is 18.1 Å². The highest BCUT2D eigenvalue weighted by Crippen LogP contribution is 2.02. The molecule has 0 atom stereocenters. The molecule has 0 unspecified atom stereocenters. The van der Waals surface area contributed by atoms with Crippen molar-refractivity contribution in [3.05, 3.63) is 83.9 Å². The van der Waals surface area contributed by atoms with E-state index in [4.69, 9.17) is 9.47 Å². The molecular weight excluding hydrogens is 478 g/mol. The third-order valence-electron chi connectivity index (χ3n) is 4.59. The first-order valence-corrected chi connectivity index (χ1v) is 11.5. The number of esters is 2. The molecule has 3 N–H and O–H groups in total. The molecule has 0 aromatic heterocycles. The van der Waals surface area contributed by atoms with Gasteiger partial charge in [0.05, 0.1) is 13.1 Å². The van der Waals surface area contributed by atoms with Crippen molar-refractivity contribution < 1.29 is 33.4 Å². The van der Waals surface area contributed by atoms with Gasteiger partial charge in [-0.25, -0.2) is 9.59 Å². The van der Waals surface area contributed by atoms with Gasteiger partial charge in [-0.1, -0.05) is 60.7 Å². The van der Waals surface area contributed by atoms with E-state index >= 15 is 0 Å². The van der Waals surface area contributed by atoms with Gasteiger partial charge < -0.3 is 25.4 Å². The lowest BCUT2D eigenvalue weighted by atomic mass is 10.2. The molecule has 37 heavy (non-hydrogen) atoms. The van der Waals surface area contributed by atoms with E-state index in [0.717, 1.165) is 18.1 Å². The minimum absolute atomic E-state index is 0.0710. The van der Waals surface area contributed by atoms with E-state index in [1.165, 1.54) is 12.2 Å². The summed E-state index contributed by atoms with van der Waals surface area (Å²) in [5.41, 5.74) is 1.66. The number of hydrogen-bond acceptors (Lipinski definition) is 7. The molecule has 3 amide bonds. The molecule has 0 fully saturated rings. The number of carbonyl (C=O) groups excluding carboxylic acids is 5. The molecule has 2 aromatic carbocycles. The Morgan fingerprint density at radius 3 is 1.49 bits per heavy atom. The Balaban J connectivity index is 1.70. The number of amides is 3. The Morgan fingerprint density at radius 1 is 0.703 bits per heavy atom. The summed E-state index contributed by atoms with van der Waals surface area (Å²) >= 11 is 0. The van der Waals surface area contributed by atoms with Crippen LogP contribution in [0.3, 0.4) is 0 Å². The molecule has 0 aliphatic carbocycles. The standard InChI is InChI=1S/C27H29N3O7/c1-20(31)30-25(26(34)28-16-18-36-23(32)14-12-21-8-4-2-5-9-21)27(35)29-17-19-37-24(33)15-13-22-10-6-3-7-11-22/h2-15,25H,16-19H2,1H3,(H,28,34)(H,29,35)(H,30,31)/b14-12+,15-13+. The smallest absolute Gasteiger partial charge is 0.330 e. The lowest BCUT2D eigenvalue weighted by molar-refractivity contribution is -0.140. The fourth-order valence-electron chi connectivity index (χ4n) is 2.86. The van der Waals surface area contributed by atoms with Crippen molar-refractivity contribution in [3.8, 4) is 0 Å². The molecule has 0 radical (unpaired) electrons. The predicted molar refractivity (Wildman–Crippen MR) is 136 cm³/mol. The van der Waals surface area contributed by atoms with Crippen molar-refractivity contribution in [2.75, 3.05) is 26.3 Å². The zero-order chi connectivity index (χ0) is 26.9. The Labute approximate surface area is 214 Å². The summed E-state index contributed by atoms with van der Waals surface area (Å²) in [6, 6.07) is 16.8. The van der Waals surface area contributed by atoms with Crippen molar-refractivity contribution in [2.24, 2.45) is 0 Å². The number of hydrogen-bond donors (Lipinski definition) is 3. The zero-order valence-corrected chi connectivity index (χ0v) is 20.3. The highest BCUT2D eigenvalue weighted by Gasteiger charge is 2.27. The monoisotopic (exact) mass is 507 g/mol. The van der Waals surface area contributed by atoms with E-state index in [2.05, 4.69) is 16.0 Å². The van der Waals surface area contributed by atoms with E-state index in [1.54, 1.807) is 12.2 Å². The molecule has 0 saturated heterocycles. The fraction of sp³-hybridized carbons (Fsp3) is 0.222. The van der Waals surface area contributed by atoms with Crippen molar-refractivity contribution in [3.63, 3.8) is 0 Å². The van der Waals surface area contributed by atoms with Gasteiger partial charge in [0.1, 0.15) is 13.2 Å². The molecule has 2 rings (SSSR count). The first kappa shape index (κ1) is 28.5. The van der Waals surface area contributed by atoms with E-state index in [0.29, 0.717) is 0 Å². The van der Waals surface area contributed by atoms with Gasteiger partial charge in [-0.15, -0.1) is 0 Å². The number of carbonyl (C=O) groups is 5. The van der Waals surface area contributed by atoms with Gasteiger partial charge in [-0.3, -0.25) is 14.4 Å². The zero-order valence-electron chi connectivity index (χ0n) is 20.3. The minimum Gasteiger partial charge on any atom is -0.461 e. The Kier molecular flexibility index (Phi) is 12.4. The van der Waals surface area contributed by atoms with Crippen LogP contribution in [-0.4, -0.2) is 62.0 Å². The van der Waals surface area contributed by atoms with Crippen LogP contribution >= 0.6 is 0 Å². The first-order chi connectivity index (χ1) is 17.8. The summed E-state index contributed by atoms with van der Waals surface area (Å²) in [4.78, 5) is 59.8. The lowest BCUT2D eigenvalue weighted by Crippen LogP contribution is -2.55. The third kappa shape index (κ3) is 12.0. The van der Waals surface area contributed by atoms with Crippen LogP contribution in [-0.2, 0) is 33.4 Å². The average Bonchev–Trinajstić information content (AvgIpc) is 2.90. The Hall–Kier alpha value is -4.73. The van der Waals surface area contributed by atoms with Gasteiger partial charge in [0.15, 0.2) is 6.04 Å². The second-order valence-corrected chi connectivity index (χ2v) is 7.54. The van der Waals surface area contributed by atoms with Gasteiger partial charge in [-0.05, 0) is 23.3 Å². The highest BCUT2D eigenvalue weighted by atomic mass is 16.5. The third-order valence-corrected chi connectivity index (χ3v) is 4.59. The maximum Gasteiger partial charge on any atom is 0.330 e.